The standard InChI is InChI=1S/C9H4BrF2IS/c10-8-7(9(11)12)6-4(13)2-1-3-5(6)14-8/h1-3,9H. The first-order valence-electron chi connectivity index (χ1n) is 3.76. The van der Waals surface area contributed by atoms with Crippen LogP contribution in [0.5, 0.6) is 0 Å². The van der Waals surface area contributed by atoms with Crippen molar-refractivity contribution in [3.05, 3.63) is 31.1 Å². The number of hydrogen-bond donors (Lipinski definition) is 0. The molecule has 0 spiro atoms. The van der Waals surface area contributed by atoms with E-state index < -0.39 is 6.43 Å². The van der Waals surface area contributed by atoms with Gasteiger partial charge in [-0.25, -0.2) is 8.78 Å². The van der Waals surface area contributed by atoms with E-state index in [-0.39, 0.29) is 5.56 Å². The van der Waals surface area contributed by atoms with Crippen molar-refractivity contribution >= 4 is 59.9 Å². The fraction of sp³-hybridized carbons (Fsp3) is 0.111. The Morgan fingerprint density at radius 1 is 1.36 bits per heavy atom. The van der Waals surface area contributed by atoms with Gasteiger partial charge in [-0.2, -0.15) is 0 Å². The maximum absolute atomic E-state index is 12.7. The van der Waals surface area contributed by atoms with E-state index >= 15 is 0 Å². The van der Waals surface area contributed by atoms with Gasteiger partial charge in [-0.1, -0.05) is 6.07 Å². The van der Waals surface area contributed by atoms with E-state index in [1.165, 1.54) is 11.3 Å². The van der Waals surface area contributed by atoms with Gasteiger partial charge in [0.2, 0.25) is 0 Å². The average Bonchev–Trinajstić information content (AvgIpc) is 2.42. The maximum Gasteiger partial charge on any atom is 0.266 e. The van der Waals surface area contributed by atoms with Crippen LogP contribution >= 0.6 is 49.9 Å². The highest BCUT2D eigenvalue weighted by Gasteiger charge is 2.20. The van der Waals surface area contributed by atoms with Crippen LogP contribution in [0.1, 0.15) is 12.0 Å². The van der Waals surface area contributed by atoms with E-state index in [1.54, 1.807) is 0 Å². The van der Waals surface area contributed by atoms with Gasteiger partial charge < -0.3 is 0 Å². The minimum Gasteiger partial charge on any atom is -0.205 e. The average molecular weight is 389 g/mol. The number of hydrogen-bond acceptors (Lipinski definition) is 1. The van der Waals surface area contributed by atoms with E-state index in [4.69, 9.17) is 0 Å². The lowest BCUT2D eigenvalue weighted by Crippen LogP contribution is -1.84. The number of thiophene rings is 1. The van der Waals surface area contributed by atoms with Crippen molar-refractivity contribution in [3.8, 4) is 0 Å². The minimum absolute atomic E-state index is 0.120. The highest BCUT2D eigenvalue weighted by molar-refractivity contribution is 14.1. The smallest absolute Gasteiger partial charge is 0.205 e. The molecule has 0 unspecified atom stereocenters. The van der Waals surface area contributed by atoms with Crippen LogP contribution in [-0.4, -0.2) is 0 Å². The molecule has 5 heteroatoms. The third-order valence-corrected chi connectivity index (χ3v) is 4.65. The molecule has 1 aromatic heterocycles. The predicted octanol–water partition coefficient (Wildman–Crippen LogP) is 5.21. The number of alkyl halides is 2. The molecule has 0 radical (unpaired) electrons. The molecule has 2 rings (SSSR count). The fourth-order valence-electron chi connectivity index (χ4n) is 1.30. The maximum atomic E-state index is 12.7. The van der Waals surface area contributed by atoms with Crippen molar-refractivity contribution in [2.75, 3.05) is 0 Å². The molecule has 0 amide bonds. The summed E-state index contributed by atoms with van der Waals surface area (Å²) in [4.78, 5) is 0. The third kappa shape index (κ3) is 1.69. The van der Waals surface area contributed by atoms with Gasteiger partial charge in [0.25, 0.3) is 6.43 Å². The molecule has 0 saturated carbocycles. The van der Waals surface area contributed by atoms with Crippen LogP contribution in [0, 0.1) is 3.57 Å². The van der Waals surface area contributed by atoms with Gasteiger partial charge in [-0.15, -0.1) is 11.3 Å². The molecule has 1 heterocycles. The second-order valence-electron chi connectivity index (χ2n) is 2.70. The van der Waals surface area contributed by atoms with Gasteiger partial charge in [0.05, 0.1) is 9.35 Å². The van der Waals surface area contributed by atoms with Gasteiger partial charge in [0.15, 0.2) is 0 Å². The van der Waals surface area contributed by atoms with Crippen LogP contribution in [0.15, 0.2) is 22.0 Å². The van der Waals surface area contributed by atoms with Crippen molar-refractivity contribution in [1.82, 2.24) is 0 Å². The summed E-state index contributed by atoms with van der Waals surface area (Å²) in [5.74, 6) is 0. The zero-order valence-corrected chi connectivity index (χ0v) is 11.3. The Labute approximate surface area is 106 Å². The van der Waals surface area contributed by atoms with Crippen LogP contribution in [-0.2, 0) is 0 Å². The Balaban J connectivity index is 2.86. The molecule has 0 aliphatic carbocycles. The van der Waals surface area contributed by atoms with E-state index in [0.29, 0.717) is 9.17 Å². The second kappa shape index (κ2) is 4.02. The number of benzene rings is 1. The van der Waals surface area contributed by atoms with E-state index in [2.05, 4.69) is 38.5 Å². The number of halogens is 4. The summed E-state index contributed by atoms with van der Waals surface area (Å²) in [5, 5.41) is 0.681. The van der Waals surface area contributed by atoms with Crippen LogP contribution in [0.3, 0.4) is 0 Å². The van der Waals surface area contributed by atoms with E-state index in [0.717, 1.165) is 8.27 Å². The topological polar surface area (TPSA) is 0 Å². The third-order valence-electron chi connectivity index (χ3n) is 1.87. The lowest BCUT2D eigenvalue weighted by Gasteiger charge is -1.99. The van der Waals surface area contributed by atoms with Crippen molar-refractivity contribution in [2.24, 2.45) is 0 Å². The Kier molecular flexibility index (Phi) is 3.09. The van der Waals surface area contributed by atoms with Crippen molar-refractivity contribution in [3.63, 3.8) is 0 Å². The second-order valence-corrected chi connectivity index (χ2v) is 6.24. The first-order chi connectivity index (χ1) is 6.61. The summed E-state index contributed by atoms with van der Waals surface area (Å²) in [6, 6.07) is 5.58. The van der Waals surface area contributed by atoms with Crippen LogP contribution in [0.25, 0.3) is 10.1 Å². The van der Waals surface area contributed by atoms with E-state index in [1.807, 2.05) is 18.2 Å². The summed E-state index contributed by atoms with van der Waals surface area (Å²) in [6.45, 7) is 0. The van der Waals surface area contributed by atoms with Gasteiger partial charge in [0.1, 0.15) is 0 Å². The van der Waals surface area contributed by atoms with Crippen LogP contribution < -0.4 is 0 Å². The molecule has 0 saturated heterocycles. The van der Waals surface area contributed by atoms with Crippen molar-refractivity contribution < 1.29 is 8.78 Å². The zero-order valence-electron chi connectivity index (χ0n) is 6.73. The molecule has 1 aromatic carbocycles. The first kappa shape index (κ1) is 10.8. The van der Waals surface area contributed by atoms with Gasteiger partial charge >= 0.3 is 0 Å². The lowest BCUT2D eigenvalue weighted by molar-refractivity contribution is 0.153. The predicted molar refractivity (Wildman–Crippen MR) is 67.2 cm³/mol. The molecule has 0 aliphatic rings. The summed E-state index contributed by atoms with van der Waals surface area (Å²) >= 11 is 6.62. The largest absolute Gasteiger partial charge is 0.266 e. The Morgan fingerprint density at radius 3 is 2.71 bits per heavy atom. The molecule has 0 fully saturated rings. The first-order valence-corrected chi connectivity index (χ1v) is 6.44. The van der Waals surface area contributed by atoms with Crippen molar-refractivity contribution in [2.45, 2.75) is 6.43 Å². The van der Waals surface area contributed by atoms with Crippen LogP contribution in [0.2, 0.25) is 0 Å². The molecule has 0 bridgehead atoms. The molecular formula is C9H4BrF2IS. The van der Waals surface area contributed by atoms with Crippen molar-refractivity contribution in [1.29, 1.82) is 0 Å². The summed E-state index contributed by atoms with van der Waals surface area (Å²) < 4.78 is 27.8. The SMILES string of the molecule is FC(F)c1c(Br)sc2cccc(I)c12. The zero-order chi connectivity index (χ0) is 10.3. The Bertz CT molecular complexity index is 481. The Morgan fingerprint density at radius 2 is 2.07 bits per heavy atom. The molecule has 0 atom stereocenters. The van der Waals surface area contributed by atoms with Gasteiger partial charge in [0, 0.05) is 13.7 Å². The van der Waals surface area contributed by atoms with Gasteiger partial charge in [-0.05, 0) is 50.7 Å². The molecule has 2 aromatic rings. The van der Waals surface area contributed by atoms with Crippen LogP contribution in [0.4, 0.5) is 8.78 Å². The number of fused-ring (bicyclic) bond motifs is 1. The summed E-state index contributed by atoms with van der Waals surface area (Å²) in [5.41, 5.74) is 0.120. The monoisotopic (exact) mass is 388 g/mol. The molecule has 0 aliphatic heterocycles. The minimum atomic E-state index is -2.42. The van der Waals surface area contributed by atoms with E-state index in [9.17, 15) is 8.78 Å². The summed E-state index contributed by atoms with van der Waals surface area (Å²) in [7, 11) is 0. The quantitative estimate of drug-likeness (QED) is 0.588. The Hall–Kier alpha value is 0.250. The number of rotatable bonds is 1. The molecule has 74 valence electrons. The fourth-order valence-corrected chi connectivity index (χ4v) is 4.12. The molecule has 0 nitrogen and oxygen atoms in total. The molecule has 0 N–H and O–H groups in total. The lowest BCUT2D eigenvalue weighted by atomic mass is 10.2. The molecular weight excluding hydrogens is 385 g/mol. The normalized spacial score (nSPS) is 11.5. The van der Waals surface area contributed by atoms with Gasteiger partial charge in [-0.3, -0.25) is 0 Å². The summed E-state index contributed by atoms with van der Waals surface area (Å²) in [6.07, 6.45) is -2.42. The highest BCUT2D eigenvalue weighted by Crippen LogP contribution is 2.42. The highest BCUT2D eigenvalue weighted by atomic mass is 127. The molecule has 14 heavy (non-hydrogen) atoms.